The van der Waals surface area contributed by atoms with Crippen molar-refractivity contribution in [2.75, 3.05) is 4.90 Å². The Labute approximate surface area is 322 Å². The monoisotopic (exact) mass is 699 g/mol. The second kappa shape index (κ2) is 14.0. The van der Waals surface area contributed by atoms with Crippen molar-refractivity contribution in [2.24, 2.45) is 0 Å². The molecule has 10 rings (SSSR count). The highest BCUT2D eigenvalue weighted by Gasteiger charge is 2.17. The molecule has 0 aliphatic heterocycles. The van der Waals surface area contributed by atoms with Gasteiger partial charge in [-0.15, -0.1) is 0 Å². The Bertz CT molecular complexity index is 2940. The highest BCUT2D eigenvalue weighted by Crippen LogP contribution is 2.42. The van der Waals surface area contributed by atoms with Gasteiger partial charge in [0.15, 0.2) is 0 Å². The Morgan fingerprint density at radius 2 is 0.691 bits per heavy atom. The lowest BCUT2D eigenvalue weighted by Gasteiger charge is -2.27. The minimum Gasteiger partial charge on any atom is -0.310 e. The van der Waals surface area contributed by atoms with E-state index in [0.29, 0.717) is 0 Å². The van der Waals surface area contributed by atoms with E-state index in [4.69, 9.17) is 0 Å². The van der Waals surface area contributed by atoms with E-state index in [1.54, 1.807) is 0 Å². The highest BCUT2D eigenvalue weighted by molar-refractivity contribution is 6.02. The maximum absolute atomic E-state index is 2.39. The van der Waals surface area contributed by atoms with E-state index in [2.05, 4.69) is 229 Å². The van der Waals surface area contributed by atoms with Gasteiger partial charge in [0.25, 0.3) is 0 Å². The van der Waals surface area contributed by atoms with Crippen molar-refractivity contribution in [1.29, 1.82) is 0 Å². The molecular formula is C54H37N. The van der Waals surface area contributed by atoms with Crippen LogP contribution >= 0.6 is 0 Å². The normalized spacial score (nSPS) is 11.3. The Kier molecular flexibility index (Phi) is 8.24. The third-order valence-corrected chi connectivity index (χ3v) is 10.9. The van der Waals surface area contributed by atoms with Crippen molar-refractivity contribution in [3.63, 3.8) is 0 Å². The largest absolute Gasteiger partial charge is 0.310 e. The van der Waals surface area contributed by atoms with Crippen LogP contribution in [0.2, 0.25) is 0 Å². The summed E-state index contributed by atoms with van der Waals surface area (Å²) in [7, 11) is 0. The van der Waals surface area contributed by atoms with Gasteiger partial charge < -0.3 is 4.90 Å². The molecule has 0 heterocycles. The first-order valence-electron chi connectivity index (χ1n) is 18.9. The Hall–Kier alpha value is -7.22. The zero-order chi connectivity index (χ0) is 36.6. The third kappa shape index (κ3) is 6.02. The zero-order valence-electron chi connectivity index (χ0n) is 30.3. The van der Waals surface area contributed by atoms with Crippen molar-refractivity contribution in [3.05, 3.63) is 224 Å². The molecule has 0 atom stereocenters. The molecule has 0 aliphatic rings. The van der Waals surface area contributed by atoms with Crippen LogP contribution in [-0.2, 0) is 0 Å². The predicted molar refractivity (Wildman–Crippen MR) is 235 cm³/mol. The van der Waals surface area contributed by atoms with E-state index < -0.39 is 0 Å². The number of anilines is 3. The number of fused-ring (bicyclic) bond motifs is 3. The molecular weight excluding hydrogens is 663 g/mol. The molecule has 0 amide bonds. The van der Waals surface area contributed by atoms with E-state index in [9.17, 15) is 0 Å². The van der Waals surface area contributed by atoms with Gasteiger partial charge in [-0.25, -0.2) is 0 Å². The van der Waals surface area contributed by atoms with Crippen molar-refractivity contribution in [1.82, 2.24) is 0 Å². The fraction of sp³-hybridized carbons (Fsp3) is 0. The molecule has 55 heavy (non-hydrogen) atoms. The molecule has 0 unspecified atom stereocenters. The van der Waals surface area contributed by atoms with Gasteiger partial charge in [0, 0.05) is 16.8 Å². The number of hydrogen-bond donors (Lipinski definition) is 0. The molecule has 0 saturated heterocycles. The molecule has 0 aliphatic carbocycles. The summed E-state index contributed by atoms with van der Waals surface area (Å²) >= 11 is 0. The lowest BCUT2D eigenvalue weighted by Crippen LogP contribution is -2.10. The first-order chi connectivity index (χ1) is 27.3. The minimum absolute atomic E-state index is 1.10. The first-order valence-corrected chi connectivity index (χ1v) is 18.9. The summed E-state index contributed by atoms with van der Waals surface area (Å²) < 4.78 is 0. The summed E-state index contributed by atoms with van der Waals surface area (Å²) in [6.45, 7) is 0. The van der Waals surface area contributed by atoms with Gasteiger partial charge in [-0.3, -0.25) is 0 Å². The van der Waals surface area contributed by atoms with Gasteiger partial charge in [0.2, 0.25) is 0 Å². The van der Waals surface area contributed by atoms with E-state index >= 15 is 0 Å². The van der Waals surface area contributed by atoms with Crippen molar-refractivity contribution >= 4 is 49.4 Å². The van der Waals surface area contributed by atoms with Crippen LogP contribution in [0.4, 0.5) is 17.1 Å². The molecule has 1 heteroatoms. The molecule has 0 fully saturated rings. The van der Waals surface area contributed by atoms with Gasteiger partial charge in [-0.1, -0.05) is 188 Å². The fourth-order valence-electron chi connectivity index (χ4n) is 8.18. The molecule has 0 bridgehead atoms. The number of hydrogen-bond acceptors (Lipinski definition) is 1. The second-order valence-corrected chi connectivity index (χ2v) is 14.1. The maximum atomic E-state index is 2.39. The van der Waals surface area contributed by atoms with Crippen LogP contribution in [-0.4, -0.2) is 0 Å². The molecule has 0 N–H and O–H groups in total. The van der Waals surface area contributed by atoms with E-state index in [1.807, 2.05) is 0 Å². The average Bonchev–Trinajstić information content (AvgIpc) is 3.27. The van der Waals surface area contributed by atoms with Crippen LogP contribution in [0.5, 0.6) is 0 Å². The summed E-state index contributed by atoms with van der Waals surface area (Å²) in [5, 5.41) is 7.44. The first kappa shape index (κ1) is 32.4. The van der Waals surface area contributed by atoms with E-state index in [-0.39, 0.29) is 0 Å². The lowest BCUT2D eigenvalue weighted by atomic mass is 9.89. The van der Waals surface area contributed by atoms with E-state index in [1.165, 1.54) is 76.8 Å². The SMILES string of the molecule is c1ccc(-c2ccc(-c3ccc(N(c4ccc(-c5cccc6ccccc56)cc4)c4cccc5ccccc45)cc3)cc2-c2cccc3ccccc23)cc1. The predicted octanol–water partition coefficient (Wildman–Crippen LogP) is 15.3. The average molecular weight is 700 g/mol. The van der Waals surface area contributed by atoms with Gasteiger partial charge in [0.05, 0.1) is 5.69 Å². The number of nitrogens with zero attached hydrogens (tertiary/aromatic N) is 1. The molecule has 0 aromatic heterocycles. The van der Waals surface area contributed by atoms with Gasteiger partial charge >= 0.3 is 0 Å². The Morgan fingerprint density at radius 1 is 0.236 bits per heavy atom. The standard InChI is InChI=1S/C54H37N/c1-2-13-39(14-3-1)50-36-31-44(37-53(50)52-25-11-19-41-16-5-8-22-49(41)52)38-27-32-45(33-28-38)55(54-26-12-20-42-17-6-9-23-51(42)54)46-34-29-43(30-35-46)48-24-10-18-40-15-4-7-21-47(40)48/h1-37H. The minimum atomic E-state index is 1.10. The van der Waals surface area contributed by atoms with Crippen molar-refractivity contribution < 1.29 is 0 Å². The quantitative estimate of drug-likeness (QED) is 0.160. The third-order valence-electron chi connectivity index (χ3n) is 10.9. The summed E-state index contributed by atoms with van der Waals surface area (Å²) in [4.78, 5) is 2.39. The lowest BCUT2D eigenvalue weighted by molar-refractivity contribution is 1.30. The van der Waals surface area contributed by atoms with Crippen LogP contribution in [0, 0.1) is 0 Å². The summed E-state index contributed by atoms with van der Waals surface area (Å²) in [5.74, 6) is 0. The molecule has 10 aromatic rings. The van der Waals surface area contributed by atoms with Crippen LogP contribution in [0.1, 0.15) is 0 Å². The van der Waals surface area contributed by atoms with Crippen LogP contribution < -0.4 is 4.90 Å². The summed E-state index contributed by atoms with van der Waals surface area (Å²) in [6, 6.07) is 81.4. The number of benzene rings is 10. The van der Waals surface area contributed by atoms with Crippen LogP contribution in [0.15, 0.2) is 224 Å². The zero-order valence-corrected chi connectivity index (χ0v) is 30.3. The van der Waals surface area contributed by atoms with E-state index in [0.717, 1.165) is 17.1 Å². The Balaban J connectivity index is 1.08. The van der Waals surface area contributed by atoms with Gasteiger partial charge in [0.1, 0.15) is 0 Å². The van der Waals surface area contributed by atoms with Crippen LogP contribution in [0.3, 0.4) is 0 Å². The molecule has 0 spiro atoms. The molecule has 258 valence electrons. The smallest absolute Gasteiger partial charge is 0.0540 e. The molecule has 0 saturated carbocycles. The van der Waals surface area contributed by atoms with Crippen molar-refractivity contribution in [3.8, 4) is 44.5 Å². The van der Waals surface area contributed by atoms with Gasteiger partial charge in [-0.05, 0) is 108 Å². The van der Waals surface area contributed by atoms with Gasteiger partial charge in [-0.2, -0.15) is 0 Å². The summed E-state index contributed by atoms with van der Waals surface area (Å²) in [5.41, 5.74) is 13.1. The molecule has 0 radical (unpaired) electrons. The molecule has 1 nitrogen and oxygen atoms in total. The summed E-state index contributed by atoms with van der Waals surface area (Å²) in [6.07, 6.45) is 0. The second-order valence-electron chi connectivity index (χ2n) is 14.1. The van der Waals surface area contributed by atoms with Crippen LogP contribution in [0.25, 0.3) is 76.8 Å². The maximum Gasteiger partial charge on any atom is 0.0540 e. The van der Waals surface area contributed by atoms with Crippen molar-refractivity contribution in [2.45, 2.75) is 0 Å². The highest BCUT2D eigenvalue weighted by atomic mass is 15.1. The topological polar surface area (TPSA) is 3.24 Å². The fourth-order valence-corrected chi connectivity index (χ4v) is 8.18. The number of rotatable bonds is 7. The molecule has 10 aromatic carbocycles. The Morgan fingerprint density at radius 3 is 1.35 bits per heavy atom.